The fourth-order valence-electron chi connectivity index (χ4n) is 2.75. The van der Waals surface area contributed by atoms with Crippen molar-refractivity contribution >= 4 is 15.9 Å². The average Bonchev–Trinajstić information content (AvgIpc) is 2.55. The molecule has 9 nitrogen and oxygen atoms in total. The van der Waals surface area contributed by atoms with Crippen molar-refractivity contribution in [3.05, 3.63) is 35.0 Å². The summed E-state index contributed by atoms with van der Waals surface area (Å²) in [6.45, 7) is 3.66. The third-order valence-corrected chi connectivity index (χ3v) is 6.01. The van der Waals surface area contributed by atoms with Gasteiger partial charge in [-0.3, -0.25) is 4.79 Å². The maximum atomic E-state index is 12.9. The normalized spacial score (nSPS) is 19.7. The topological polar surface area (TPSA) is 105 Å². The van der Waals surface area contributed by atoms with Gasteiger partial charge in [0.25, 0.3) is 12.5 Å². The zero-order valence-corrected chi connectivity index (χ0v) is 15.3. The number of carbonyl (C=O) groups excluding carboxylic acids is 1. The van der Waals surface area contributed by atoms with Crippen molar-refractivity contribution in [3.8, 4) is 0 Å². The molecule has 1 unspecified atom stereocenters. The molecule has 1 amide bonds. The van der Waals surface area contributed by atoms with Gasteiger partial charge in [0.15, 0.2) is 5.28 Å². The van der Waals surface area contributed by atoms with Crippen LogP contribution in [0.15, 0.2) is 34.4 Å². The Kier molecular flexibility index (Phi) is 5.96. The van der Waals surface area contributed by atoms with Gasteiger partial charge in [-0.15, -0.1) is 0 Å². The van der Waals surface area contributed by atoms with E-state index in [2.05, 4.69) is 10.1 Å². The summed E-state index contributed by atoms with van der Waals surface area (Å²) in [5.41, 5.74) is 0.958. The Morgan fingerprint density at radius 3 is 2.60 bits per heavy atom. The van der Waals surface area contributed by atoms with Crippen molar-refractivity contribution < 1.29 is 22.9 Å². The lowest BCUT2D eigenvalue weighted by atomic mass is 10.2. The van der Waals surface area contributed by atoms with E-state index in [1.54, 1.807) is 31.2 Å². The molecule has 1 aliphatic heterocycles. The van der Waals surface area contributed by atoms with Gasteiger partial charge in [0.1, 0.15) is 7.11 Å². The molecule has 0 aliphatic carbocycles. The average molecular weight is 370 g/mol. The Morgan fingerprint density at radius 2 is 2.00 bits per heavy atom. The van der Waals surface area contributed by atoms with Crippen molar-refractivity contribution in [3.63, 3.8) is 0 Å². The van der Waals surface area contributed by atoms with Crippen LogP contribution in [-0.2, 0) is 19.7 Å². The van der Waals surface area contributed by atoms with Gasteiger partial charge >= 0.3 is 0 Å². The fourth-order valence-corrected chi connectivity index (χ4v) is 4.39. The van der Waals surface area contributed by atoms with E-state index in [9.17, 15) is 18.4 Å². The number of carbonyl (C=O) groups is 1. The van der Waals surface area contributed by atoms with Gasteiger partial charge in [-0.25, -0.2) is 8.42 Å². The van der Waals surface area contributed by atoms with Crippen LogP contribution < -0.4 is 0 Å². The molecule has 1 aromatic carbocycles. The van der Waals surface area contributed by atoms with E-state index in [1.165, 1.54) is 16.3 Å². The van der Waals surface area contributed by atoms with Crippen LogP contribution in [0.4, 0.5) is 0 Å². The quantitative estimate of drug-likeness (QED) is 0.438. The minimum absolute atomic E-state index is 0.127. The van der Waals surface area contributed by atoms with Crippen molar-refractivity contribution in [1.29, 1.82) is 0 Å². The lowest BCUT2D eigenvalue weighted by Crippen LogP contribution is -2.57. The van der Waals surface area contributed by atoms with Gasteiger partial charge in [0.2, 0.25) is 10.0 Å². The Morgan fingerprint density at radius 1 is 1.36 bits per heavy atom. The number of sulfonamides is 1. The second kappa shape index (κ2) is 7.79. The van der Waals surface area contributed by atoms with Crippen LogP contribution in [0.25, 0.3) is 0 Å². The predicted molar refractivity (Wildman–Crippen MR) is 88.8 cm³/mol. The molecule has 138 valence electrons. The second-order valence-electron chi connectivity index (χ2n) is 5.78. The third kappa shape index (κ3) is 4.26. The first kappa shape index (κ1) is 19.1. The first-order valence-electron chi connectivity index (χ1n) is 7.84. The lowest BCUT2D eigenvalue weighted by molar-refractivity contribution is -0.547. The molecule has 2 rings (SSSR count). The van der Waals surface area contributed by atoms with Gasteiger partial charge in [0.05, 0.1) is 11.1 Å². The lowest BCUT2D eigenvalue weighted by Gasteiger charge is -2.40. The molecule has 1 atom stereocenters. The summed E-state index contributed by atoms with van der Waals surface area (Å²) in [6.07, 6.45) is -0.204. The molecule has 10 heteroatoms. The van der Waals surface area contributed by atoms with Crippen LogP contribution in [0.2, 0.25) is 0 Å². The van der Waals surface area contributed by atoms with Crippen LogP contribution in [0, 0.1) is 12.1 Å². The number of hydroxylamine groups is 1. The molecule has 1 saturated heterocycles. The van der Waals surface area contributed by atoms with Crippen LogP contribution in [0.3, 0.4) is 0 Å². The first-order chi connectivity index (χ1) is 11.8. The van der Waals surface area contributed by atoms with Gasteiger partial charge in [0, 0.05) is 13.1 Å². The molecule has 0 N–H and O–H groups in total. The van der Waals surface area contributed by atoms with Gasteiger partial charge in [-0.05, 0) is 37.3 Å². The number of hydrogen-bond acceptors (Lipinski definition) is 6. The Labute approximate surface area is 147 Å². The molecular weight excluding hydrogens is 348 g/mol. The number of amides is 1. The van der Waals surface area contributed by atoms with Crippen LogP contribution in [-0.4, -0.2) is 61.3 Å². The highest BCUT2D eigenvalue weighted by Gasteiger charge is 2.37. The monoisotopic (exact) mass is 370 g/mol. The van der Waals surface area contributed by atoms with Crippen molar-refractivity contribution in [2.45, 2.75) is 31.3 Å². The Bertz CT molecular complexity index is 748. The highest BCUT2D eigenvalue weighted by molar-refractivity contribution is 7.89. The van der Waals surface area contributed by atoms with E-state index in [0.29, 0.717) is 19.5 Å². The number of aryl methyl sites for hydroxylation is 1. The van der Waals surface area contributed by atoms with Crippen molar-refractivity contribution in [2.75, 3.05) is 26.7 Å². The zero-order valence-electron chi connectivity index (χ0n) is 14.5. The summed E-state index contributed by atoms with van der Waals surface area (Å²) < 4.78 is 27.0. The van der Waals surface area contributed by atoms with Gasteiger partial charge < -0.3 is 14.9 Å². The van der Waals surface area contributed by atoms with E-state index >= 15 is 0 Å². The minimum atomic E-state index is -3.73. The smallest absolute Gasteiger partial charge is 0.293 e. The second-order valence-corrected chi connectivity index (χ2v) is 7.67. The molecule has 0 bridgehead atoms. The number of hydrogen-bond donors (Lipinski definition) is 0. The number of benzene rings is 1. The third-order valence-electron chi connectivity index (χ3n) is 4.04. The summed E-state index contributed by atoms with van der Waals surface area (Å²) in [5, 5.41) is 14.5. The zero-order chi connectivity index (χ0) is 18.6. The molecule has 0 spiro atoms. The Balaban J connectivity index is 2.21. The number of nitrogens with zero attached hydrogens (tertiary/aromatic N) is 4. The summed E-state index contributed by atoms with van der Waals surface area (Å²) in [7, 11) is -2.53. The van der Waals surface area contributed by atoms with E-state index in [4.69, 9.17) is 0 Å². The molecule has 1 fully saturated rings. The molecule has 0 aromatic heterocycles. The molecule has 1 heterocycles. The maximum Gasteiger partial charge on any atom is 0.293 e. The summed E-state index contributed by atoms with van der Waals surface area (Å²) in [5.74, 6) is -0.507. The predicted octanol–water partition coefficient (Wildman–Crippen LogP) is 1.09. The van der Waals surface area contributed by atoms with Crippen LogP contribution in [0.1, 0.15) is 18.9 Å². The summed E-state index contributed by atoms with van der Waals surface area (Å²) in [4.78, 5) is 18.3. The van der Waals surface area contributed by atoms with Gasteiger partial charge in [-0.1, -0.05) is 17.7 Å². The van der Waals surface area contributed by atoms with Crippen LogP contribution >= 0.6 is 0 Å². The maximum absolute atomic E-state index is 12.9. The molecule has 1 aliphatic rings. The highest BCUT2D eigenvalue weighted by Crippen LogP contribution is 2.24. The molecule has 1 aromatic rings. The van der Waals surface area contributed by atoms with E-state index in [1.807, 2.05) is 6.92 Å². The van der Waals surface area contributed by atoms with E-state index in [0.717, 1.165) is 5.56 Å². The molecule has 25 heavy (non-hydrogen) atoms. The standard InChI is InChI=1S/C15H22N4O5S/c1-12-5-7-14(8-6-12)25(22,23)18-10-4-9-17(13(18)2)15(20)11-19(21)16-24-3/h5-8,13H,4,9-11H2,1-3H3/b19-16-. The highest BCUT2D eigenvalue weighted by atomic mass is 32.2. The van der Waals surface area contributed by atoms with E-state index < -0.39 is 28.6 Å². The summed E-state index contributed by atoms with van der Waals surface area (Å²) >= 11 is 0. The SMILES string of the molecule is CO/N=[N+](\[O-])CC(=O)N1CCCN(S(=O)(=O)c2ccc(C)cc2)C1C. The molecular formula is C15H22N4O5S. The van der Waals surface area contributed by atoms with Crippen molar-refractivity contribution in [2.24, 2.45) is 5.28 Å². The summed E-state index contributed by atoms with van der Waals surface area (Å²) in [6, 6.07) is 6.56. The molecule has 0 saturated carbocycles. The van der Waals surface area contributed by atoms with Gasteiger partial charge in [-0.2, -0.15) is 4.31 Å². The fraction of sp³-hybridized carbons (Fsp3) is 0.533. The number of rotatable bonds is 5. The largest absolute Gasteiger partial charge is 0.597 e. The van der Waals surface area contributed by atoms with Crippen molar-refractivity contribution in [1.82, 2.24) is 9.21 Å². The minimum Gasteiger partial charge on any atom is -0.597 e. The Hall–Kier alpha value is -2.20. The first-order valence-corrected chi connectivity index (χ1v) is 9.28. The van der Waals surface area contributed by atoms with Crippen LogP contribution in [0.5, 0.6) is 0 Å². The molecule has 0 radical (unpaired) electrons. The van der Waals surface area contributed by atoms with E-state index in [-0.39, 0.29) is 9.76 Å².